The largest absolute Gasteiger partial charge is 0.357 e. The van der Waals surface area contributed by atoms with Crippen LogP contribution in [0.5, 0.6) is 0 Å². The minimum atomic E-state index is 0.360. The molecule has 0 aliphatic carbocycles. The van der Waals surface area contributed by atoms with Gasteiger partial charge >= 0.3 is 0 Å². The topological polar surface area (TPSA) is 21.1 Å². The molecular formula is C15H17N3. The average molecular weight is 239 g/mol. The van der Waals surface area contributed by atoms with Crippen LogP contribution in [0.25, 0.3) is 16.9 Å². The third-order valence-electron chi connectivity index (χ3n) is 4.23. The Hall–Kier alpha value is -1.77. The van der Waals surface area contributed by atoms with Gasteiger partial charge in [-0.25, -0.2) is 4.98 Å². The van der Waals surface area contributed by atoms with Gasteiger partial charge in [0.25, 0.3) is 0 Å². The number of piperidine rings is 1. The van der Waals surface area contributed by atoms with E-state index in [-0.39, 0.29) is 0 Å². The summed E-state index contributed by atoms with van der Waals surface area (Å²) < 4.78 is 2.24. The summed E-state index contributed by atoms with van der Waals surface area (Å²) in [6.07, 6.45) is 7.00. The molecule has 3 heterocycles. The Morgan fingerprint density at radius 3 is 3.06 bits per heavy atom. The minimum absolute atomic E-state index is 0.360. The minimum Gasteiger partial charge on any atom is -0.357 e. The lowest BCUT2D eigenvalue weighted by Crippen LogP contribution is -2.33. The maximum atomic E-state index is 4.50. The zero-order valence-electron chi connectivity index (χ0n) is 10.6. The van der Waals surface area contributed by atoms with E-state index >= 15 is 0 Å². The van der Waals surface area contributed by atoms with E-state index in [0.29, 0.717) is 5.41 Å². The molecule has 1 aromatic carbocycles. The molecule has 4 rings (SSSR count). The predicted octanol–water partition coefficient (Wildman–Crippen LogP) is 2.95. The highest BCUT2D eigenvalue weighted by Crippen LogP contribution is 2.41. The molecule has 0 spiro atoms. The number of imidazole rings is 1. The zero-order valence-corrected chi connectivity index (χ0v) is 10.6. The van der Waals surface area contributed by atoms with Crippen LogP contribution in [-0.2, 0) is 0 Å². The van der Waals surface area contributed by atoms with Crippen LogP contribution in [0, 0.1) is 5.41 Å². The van der Waals surface area contributed by atoms with Crippen LogP contribution < -0.4 is 0 Å². The molecule has 1 aromatic heterocycles. The molecule has 3 nitrogen and oxygen atoms in total. The molecule has 2 aliphatic rings. The highest BCUT2D eigenvalue weighted by atomic mass is 15.3. The number of hydrogen-bond donors (Lipinski definition) is 0. The Labute approximate surface area is 107 Å². The molecule has 0 amide bonds. The molecule has 2 aliphatic heterocycles. The second-order valence-electron chi connectivity index (χ2n) is 5.78. The van der Waals surface area contributed by atoms with Crippen molar-refractivity contribution in [2.45, 2.75) is 19.8 Å². The van der Waals surface area contributed by atoms with Crippen LogP contribution in [0.4, 0.5) is 0 Å². The first-order chi connectivity index (χ1) is 8.75. The number of aromatic nitrogens is 2. The summed E-state index contributed by atoms with van der Waals surface area (Å²) in [6, 6.07) is 8.35. The third kappa shape index (κ3) is 1.33. The van der Waals surface area contributed by atoms with Gasteiger partial charge in [-0.3, -0.25) is 4.57 Å². The van der Waals surface area contributed by atoms with Gasteiger partial charge in [-0.2, -0.15) is 0 Å². The molecule has 1 fully saturated rings. The number of rotatable bonds is 1. The van der Waals surface area contributed by atoms with E-state index < -0.39 is 0 Å². The molecule has 1 atom stereocenters. The molecule has 18 heavy (non-hydrogen) atoms. The Bertz CT molecular complexity index is 640. The van der Waals surface area contributed by atoms with E-state index in [1.165, 1.54) is 30.7 Å². The van der Waals surface area contributed by atoms with Crippen molar-refractivity contribution in [3.63, 3.8) is 0 Å². The van der Waals surface area contributed by atoms with Crippen LogP contribution in [0.3, 0.4) is 0 Å². The Morgan fingerprint density at radius 2 is 2.17 bits per heavy atom. The van der Waals surface area contributed by atoms with E-state index in [0.717, 1.165) is 12.1 Å². The molecule has 1 unspecified atom stereocenters. The molecule has 3 heteroatoms. The second kappa shape index (κ2) is 3.37. The fourth-order valence-corrected chi connectivity index (χ4v) is 3.35. The molecule has 92 valence electrons. The normalized spacial score (nSPS) is 26.7. The first-order valence-electron chi connectivity index (χ1n) is 6.66. The lowest BCUT2D eigenvalue weighted by Gasteiger charge is -2.32. The Balaban J connectivity index is 1.88. The van der Waals surface area contributed by atoms with Gasteiger partial charge in [0.2, 0.25) is 0 Å². The average Bonchev–Trinajstić information content (AvgIpc) is 2.88. The van der Waals surface area contributed by atoms with Gasteiger partial charge in [-0.15, -0.1) is 0 Å². The fourth-order valence-electron chi connectivity index (χ4n) is 3.35. The van der Waals surface area contributed by atoms with Crippen molar-refractivity contribution in [2.24, 2.45) is 5.41 Å². The van der Waals surface area contributed by atoms with Crippen molar-refractivity contribution in [1.82, 2.24) is 14.5 Å². The van der Waals surface area contributed by atoms with E-state index in [9.17, 15) is 0 Å². The number of hydrogen-bond acceptors (Lipinski definition) is 2. The van der Waals surface area contributed by atoms with Crippen LogP contribution in [0.15, 0.2) is 36.7 Å². The standard InChI is InChI=1S/C15H17N3/c1-15-7-4-8-17(10-15)14(9-15)18-11-16-12-5-2-3-6-13(12)18/h2-3,5-6,9,11H,4,7-8,10H2,1H3. The summed E-state index contributed by atoms with van der Waals surface area (Å²) in [4.78, 5) is 6.99. The molecule has 2 bridgehead atoms. The third-order valence-corrected chi connectivity index (χ3v) is 4.23. The highest BCUT2D eigenvalue weighted by molar-refractivity contribution is 5.79. The van der Waals surface area contributed by atoms with Gasteiger partial charge in [0.1, 0.15) is 12.1 Å². The molecule has 1 saturated heterocycles. The zero-order chi connectivity index (χ0) is 12.2. The first kappa shape index (κ1) is 10.2. The van der Waals surface area contributed by atoms with Crippen molar-refractivity contribution >= 4 is 16.9 Å². The fraction of sp³-hybridized carbons (Fsp3) is 0.400. The van der Waals surface area contributed by atoms with Gasteiger partial charge in [0, 0.05) is 18.5 Å². The molecular weight excluding hydrogens is 222 g/mol. The van der Waals surface area contributed by atoms with Gasteiger partial charge in [0.15, 0.2) is 0 Å². The molecule has 0 radical (unpaired) electrons. The lowest BCUT2D eigenvalue weighted by atomic mass is 9.85. The van der Waals surface area contributed by atoms with Gasteiger partial charge in [0.05, 0.1) is 11.0 Å². The molecule has 2 aromatic rings. The summed E-state index contributed by atoms with van der Waals surface area (Å²) in [6.45, 7) is 4.70. The molecule has 0 N–H and O–H groups in total. The van der Waals surface area contributed by atoms with Crippen LogP contribution in [0.1, 0.15) is 19.8 Å². The van der Waals surface area contributed by atoms with E-state index in [2.05, 4.69) is 45.6 Å². The summed E-state index contributed by atoms with van der Waals surface area (Å²) in [5.41, 5.74) is 2.64. The van der Waals surface area contributed by atoms with Crippen LogP contribution in [0.2, 0.25) is 0 Å². The van der Waals surface area contributed by atoms with Gasteiger partial charge < -0.3 is 4.90 Å². The van der Waals surface area contributed by atoms with E-state index in [4.69, 9.17) is 0 Å². The predicted molar refractivity (Wildman–Crippen MR) is 72.9 cm³/mol. The highest BCUT2D eigenvalue weighted by Gasteiger charge is 2.37. The van der Waals surface area contributed by atoms with E-state index in [1.807, 2.05) is 12.4 Å². The quantitative estimate of drug-likeness (QED) is 0.763. The smallest absolute Gasteiger partial charge is 0.110 e. The summed E-state index contributed by atoms with van der Waals surface area (Å²) in [7, 11) is 0. The number of fused-ring (bicyclic) bond motifs is 3. The maximum absolute atomic E-state index is 4.50. The number of nitrogens with zero attached hydrogens (tertiary/aromatic N) is 3. The van der Waals surface area contributed by atoms with Crippen molar-refractivity contribution in [3.05, 3.63) is 36.7 Å². The van der Waals surface area contributed by atoms with Gasteiger partial charge in [-0.05, 0) is 31.1 Å². The van der Waals surface area contributed by atoms with Gasteiger partial charge in [-0.1, -0.05) is 19.1 Å². The summed E-state index contributed by atoms with van der Waals surface area (Å²) >= 11 is 0. The number of para-hydroxylation sites is 2. The summed E-state index contributed by atoms with van der Waals surface area (Å²) in [5, 5.41) is 0. The first-order valence-corrected chi connectivity index (χ1v) is 6.66. The SMILES string of the molecule is CC12C=C(n3cnc4ccccc43)N(CCC1)C2. The Morgan fingerprint density at radius 1 is 1.28 bits per heavy atom. The second-order valence-corrected chi connectivity index (χ2v) is 5.78. The van der Waals surface area contributed by atoms with Crippen LogP contribution in [-0.4, -0.2) is 27.5 Å². The van der Waals surface area contributed by atoms with Crippen molar-refractivity contribution < 1.29 is 0 Å². The number of benzene rings is 1. The summed E-state index contributed by atoms with van der Waals surface area (Å²) in [5.74, 6) is 1.32. The monoisotopic (exact) mass is 239 g/mol. The maximum Gasteiger partial charge on any atom is 0.110 e. The van der Waals surface area contributed by atoms with Crippen LogP contribution >= 0.6 is 0 Å². The van der Waals surface area contributed by atoms with Crippen molar-refractivity contribution in [1.29, 1.82) is 0 Å². The lowest BCUT2D eigenvalue weighted by molar-refractivity contribution is 0.224. The van der Waals surface area contributed by atoms with Crippen molar-refractivity contribution in [3.8, 4) is 0 Å². The van der Waals surface area contributed by atoms with Crippen molar-refractivity contribution in [2.75, 3.05) is 13.1 Å². The molecule has 0 saturated carbocycles. The Kier molecular flexibility index (Phi) is 1.91. The van der Waals surface area contributed by atoms with E-state index in [1.54, 1.807) is 0 Å².